The van der Waals surface area contributed by atoms with Crippen LogP contribution in [0.5, 0.6) is 5.75 Å². The molecule has 0 saturated carbocycles. The van der Waals surface area contributed by atoms with Gasteiger partial charge in [-0.1, -0.05) is 53.7 Å². The van der Waals surface area contributed by atoms with Crippen LogP contribution in [-0.2, 0) is 6.54 Å². The number of hydrogen-bond donors (Lipinski definition) is 2. The Balaban J connectivity index is 1.57. The molecule has 3 aromatic carbocycles. The average molecular weight is 360 g/mol. The molecule has 1 heterocycles. The fraction of sp³-hybridized carbons (Fsp3) is 0.136. The first-order valence-electron chi connectivity index (χ1n) is 8.81. The Morgan fingerprint density at radius 2 is 1.48 bits per heavy atom. The first-order valence-corrected chi connectivity index (χ1v) is 8.81. The maximum atomic E-state index is 10.6. The van der Waals surface area contributed by atoms with Crippen molar-refractivity contribution in [1.29, 1.82) is 0 Å². The predicted molar refractivity (Wildman–Crippen MR) is 107 cm³/mol. The minimum Gasteiger partial charge on any atom is -0.490 e. The quantitative estimate of drug-likeness (QED) is 0.310. The fourth-order valence-electron chi connectivity index (χ4n) is 3.43. The highest BCUT2D eigenvalue weighted by Gasteiger charge is 2.14. The molecule has 0 saturated heterocycles. The van der Waals surface area contributed by atoms with E-state index in [2.05, 4.69) is 34.0 Å². The van der Waals surface area contributed by atoms with Gasteiger partial charge in [-0.25, -0.2) is 0 Å². The third-order valence-electron chi connectivity index (χ3n) is 4.62. The number of benzene rings is 3. The molecule has 0 aliphatic heterocycles. The number of para-hydroxylation sites is 3. The molecule has 27 heavy (non-hydrogen) atoms. The summed E-state index contributed by atoms with van der Waals surface area (Å²) in [5.74, 6) is 0.566. The SMILES string of the molecule is O/N=C\c1ccccc1OC[C@H](O)Cn1c2ccccc2c2ccccc21. The van der Waals surface area contributed by atoms with Crippen molar-refractivity contribution < 1.29 is 15.1 Å². The van der Waals surface area contributed by atoms with Crippen molar-refractivity contribution in [2.45, 2.75) is 12.6 Å². The summed E-state index contributed by atoms with van der Waals surface area (Å²) < 4.78 is 7.88. The van der Waals surface area contributed by atoms with Gasteiger partial charge in [-0.2, -0.15) is 0 Å². The van der Waals surface area contributed by atoms with E-state index < -0.39 is 6.10 Å². The molecule has 4 rings (SSSR count). The lowest BCUT2D eigenvalue weighted by atomic mass is 10.2. The van der Waals surface area contributed by atoms with Gasteiger partial charge in [-0.15, -0.1) is 0 Å². The van der Waals surface area contributed by atoms with Crippen molar-refractivity contribution in [2.75, 3.05) is 6.61 Å². The van der Waals surface area contributed by atoms with Gasteiger partial charge in [-0.05, 0) is 24.3 Å². The highest BCUT2D eigenvalue weighted by molar-refractivity contribution is 6.07. The Morgan fingerprint density at radius 3 is 2.15 bits per heavy atom. The molecule has 0 unspecified atom stereocenters. The van der Waals surface area contributed by atoms with E-state index in [0.717, 1.165) is 11.0 Å². The number of nitrogens with zero attached hydrogens (tertiary/aromatic N) is 2. The zero-order valence-corrected chi connectivity index (χ0v) is 14.7. The third kappa shape index (κ3) is 3.37. The van der Waals surface area contributed by atoms with Gasteiger partial charge in [0.25, 0.3) is 0 Å². The number of fused-ring (bicyclic) bond motifs is 3. The van der Waals surface area contributed by atoms with E-state index >= 15 is 0 Å². The van der Waals surface area contributed by atoms with E-state index in [9.17, 15) is 5.11 Å². The van der Waals surface area contributed by atoms with Gasteiger partial charge in [0.2, 0.25) is 0 Å². The van der Waals surface area contributed by atoms with Crippen LogP contribution in [0.1, 0.15) is 5.56 Å². The second-order valence-corrected chi connectivity index (χ2v) is 6.39. The molecule has 4 aromatic rings. The predicted octanol–water partition coefficient (Wildman–Crippen LogP) is 4.04. The fourth-order valence-corrected chi connectivity index (χ4v) is 3.43. The van der Waals surface area contributed by atoms with Crippen LogP contribution in [0.2, 0.25) is 0 Å². The van der Waals surface area contributed by atoms with Crippen molar-refractivity contribution in [3.8, 4) is 5.75 Å². The molecule has 0 spiro atoms. The molecule has 1 aromatic heterocycles. The smallest absolute Gasteiger partial charge is 0.128 e. The van der Waals surface area contributed by atoms with E-state index in [-0.39, 0.29) is 6.61 Å². The van der Waals surface area contributed by atoms with Gasteiger partial charge in [-0.3, -0.25) is 0 Å². The van der Waals surface area contributed by atoms with Crippen molar-refractivity contribution in [1.82, 2.24) is 4.57 Å². The molecule has 0 bridgehead atoms. The molecule has 136 valence electrons. The maximum absolute atomic E-state index is 10.6. The number of aliphatic hydroxyl groups is 1. The van der Waals surface area contributed by atoms with Crippen molar-refractivity contribution in [2.24, 2.45) is 5.16 Å². The minimum absolute atomic E-state index is 0.136. The Morgan fingerprint density at radius 1 is 0.889 bits per heavy atom. The molecule has 2 N–H and O–H groups in total. The first kappa shape index (κ1) is 17.1. The van der Waals surface area contributed by atoms with E-state index in [1.54, 1.807) is 12.1 Å². The molecular weight excluding hydrogens is 340 g/mol. The summed E-state index contributed by atoms with van der Waals surface area (Å²) in [6, 6.07) is 23.6. The molecular formula is C22H20N2O3. The number of rotatable bonds is 6. The third-order valence-corrected chi connectivity index (χ3v) is 4.62. The second-order valence-electron chi connectivity index (χ2n) is 6.39. The molecule has 0 amide bonds. The normalized spacial score (nSPS) is 12.8. The van der Waals surface area contributed by atoms with Crippen LogP contribution in [0.4, 0.5) is 0 Å². The molecule has 0 aliphatic rings. The summed E-state index contributed by atoms with van der Waals surface area (Å²) in [4.78, 5) is 0. The lowest BCUT2D eigenvalue weighted by Gasteiger charge is -2.16. The van der Waals surface area contributed by atoms with Crippen LogP contribution < -0.4 is 4.74 Å². The number of aliphatic hydroxyl groups excluding tert-OH is 1. The Bertz CT molecular complexity index is 1050. The standard InChI is InChI=1S/C22H20N2O3/c25-17(15-27-22-12-6-1-7-16(22)13-23-26)14-24-20-10-4-2-8-18(20)19-9-3-5-11-21(19)24/h1-13,17,25-26H,14-15H2/b23-13-/t17-/m1/s1. The molecule has 5 nitrogen and oxygen atoms in total. The summed E-state index contributed by atoms with van der Waals surface area (Å²) in [7, 11) is 0. The summed E-state index contributed by atoms with van der Waals surface area (Å²) in [5.41, 5.74) is 2.83. The number of hydrogen-bond acceptors (Lipinski definition) is 4. The van der Waals surface area contributed by atoms with E-state index in [1.165, 1.54) is 17.0 Å². The Hall–Kier alpha value is -3.31. The van der Waals surface area contributed by atoms with Crippen LogP contribution in [0.3, 0.4) is 0 Å². The zero-order chi connectivity index (χ0) is 18.6. The molecule has 5 heteroatoms. The van der Waals surface area contributed by atoms with E-state index in [4.69, 9.17) is 9.94 Å². The van der Waals surface area contributed by atoms with Crippen molar-refractivity contribution in [3.05, 3.63) is 78.4 Å². The Labute approximate surface area is 156 Å². The zero-order valence-electron chi connectivity index (χ0n) is 14.7. The highest BCUT2D eigenvalue weighted by atomic mass is 16.5. The van der Waals surface area contributed by atoms with Crippen LogP contribution in [0, 0.1) is 0 Å². The van der Waals surface area contributed by atoms with Gasteiger partial charge < -0.3 is 19.6 Å². The largest absolute Gasteiger partial charge is 0.490 e. The summed E-state index contributed by atoms with van der Waals surface area (Å²) in [6.45, 7) is 0.557. The lowest BCUT2D eigenvalue weighted by molar-refractivity contribution is 0.0944. The Kier molecular flexibility index (Phi) is 4.77. The van der Waals surface area contributed by atoms with Gasteiger partial charge in [0.1, 0.15) is 18.5 Å². The first-order chi connectivity index (χ1) is 13.3. The number of oxime groups is 1. The molecule has 1 atom stereocenters. The van der Waals surface area contributed by atoms with E-state index in [0.29, 0.717) is 17.9 Å². The highest BCUT2D eigenvalue weighted by Crippen LogP contribution is 2.29. The second kappa shape index (κ2) is 7.51. The molecule has 0 radical (unpaired) electrons. The van der Waals surface area contributed by atoms with Gasteiger partial charge in [0.15, 0.2) is 0 Å². The van der Waals surface area contributed by atoms with Gasteiger partial charge in [0, 0.05) is 27.4 Å². The summed E-state index contributed by atoms with van der Waals surface area (Å²) >= 11 is 0. The number of aromatic nitrogens is 1. The van der Waals surface area contributed by atoms with Gasteiger partial charge in [0.05, 0.1) is 12.8 Å². The van der Waals surface area contributed by atoms with Crippen LogP contribution in [0.25, 0.3) is 21.8 Å². The van der Waals surface area contributed by atoms with Crippen LogP contribution in [0.15, 0.2) is 78.0 Å². The van der Waals surface area contributed by atoms with E-state index in [1.807, 2.05) is 36.4 Å². The minimum atomic E-state index is -0.691. The van der Waals surface area contributed by atoms with Gasteiger partial charge >= 0.3 is 0 Å². The summed E-state index contributed by atoms with van der Waals surface area (Å²) in [5, 5.41) is 24.7. The maximum Gasteiger partial charge on any atom is 0.128 e. The van der Waals surface area contributed by atoms with Crippen molar-refractivity contribution in [3.63, 3.8) is 0 Å². The molecule has 0 aliphatic carbocycles. The summed E-state index contributed by atoms with van der Waals surface area (Å²) in [6.07, 6.45) is 0.623. The van der Waals surface area contributed by atoms with Crippen LogP contribution in [-0.4, -0.2) is 33.8 Å². The molecule has 0 fully saturated rings. The van der Waals surface area contributed by atoms with Crippen LogP contribution >= 0.6 is 0 Å². The van der Waals surface area contributed by atoms with Crippen molar-refractivity contribution >= 4 is 28.0 Å². The number of ether oxygens (including phenoxy) is 1. The average Bonchev–Trinajstić information content (AvgIpc) is 3.02. The topological polar surface area (TPSA) is 67.0 Å². The monoisotopic (exact) mass is 360 g/mol. The lowest BCUT2D eigenvalue weighted by Crippen LogP contribution is -2.23.